The quantitative estimate of drug-likeness (QED) is 0.0719. The maximum absolute atomic E-state index is 12.8. The van der Waals surface area contributed by atoms with Gasteiger partial charge in [-0.25, -0.2) is 4.79 Å². The fourth-order valence-electron chi connectivity index (χ4n) is 2.58. The van der Waals surface area contributed by atoms with Crippen molar-refractivity contribution in [2.75, 3.05) is 12.3 Å². The summed E-state index contributed by atoms with van der Waals surface area (Å²) in [4.78, 5) is 70.6. The molecular weight excluding hydrogens is 460 g/mol. The lowest BCUT2D eigenvalue weighted by Crippen LogP contribution is -2.57. The number of nitrogens with two attached hydrogens (primary N) is 3. The van der Waals surface area contributed by atoms with Crippen LogP contribution >= 0.6 is 12.6 Å². The van der Waals surface area contributed by atoms with Crippen molar-refractivity contribution in [1.29, 1.82) is 0 Å². The lowest BCUT2D eigenvalue weighted by atomic mass is 10.1. The first-order valence-electron chi connectivity index (χ1n) is 10.1. The van der Waals surface area contributed by atoms with E-state index in [0.29, 0.717) is 19.4 Å². The van der Waals surface area contributed by atoms with Crippen molar-refractivity contribution in [2.45, 2.75) is 62.7 Å². The smallest absolute Gasteiger partial charge is 0.327 e. The summed E-state index contributed by atoms with van der Waals surface area (Å²) in [7, 11) is 0. The standard InChI is InChI=1S/C18H32N6O8S/c19-6-2-1-3-10(22-15(28)9(20)4-5-13(21)25)16(29)23-11(7-14(26)27)17(30)24-12(8-33)18(31)32/h9-12,33H,1-8,19-20H2,(H2,21,25)(H,22,28)(H,23,29)(H,24,30)(H,26,27)(H,31,32). The Morgan fingerprint density at radius 3 is 1.85 bits per heavy atom. The van der Waals surface area contributed by atoms with Crippen LogP contribution in [0.4, 0.5) is 0 Å². The number of carbonyl (C=O) groups is 6. The molecule has 0 rings (SSSR count). The maximum Gasteiger partial charge on any atom is 0.327 e. The van der Waals surface area contributed by atoms with Crippen LogP contribution in [-0.4, -0.2) is 82.2 Å². The predicted octanol–water partition coefficient (Wildman–Crippen LogP) is -3.35. The number of carboxylic acid groups (broad SMARTS) is 2. The van der Waals surface area contributed by atoms with Crippen LogP contribution in [0, 0.1) is 0 Å². The molecule has 0 fully saturated rings. The van der Waals surface area contributed by atoms with Crippen molar-refractivity contribution < 1.29 is 39.0 Å². The highest BCUT2D eigenvalue weighted by Gasteiger charge is 2.31. The van der Waals surface area contributed by atoms with Gasteiger partial charge in [-0.05, 0) is 32.2 Å². The average molecular weight is 493 g/mol. The van der Waals surface area contributed by atoms with Gasteiger partial charge in [0.05, 0.1) is 12.5 Å². The zero-order valence-corrected chi connectivity index (χ0v) is 18.9. The number of aliphatic carboxylic acids is 2. The van der Waals surface area contributed by atoms with Gasteiger partial charge in [0.15, 0.2) is 0 Å². The molecule has 0 saturated heterocycles. The Morgan fingerprint density at radius 2 is 1.36 bits per heavy atom. The van der Waals surface area contributed by atoms with Gasteiger partial charge in [-0.2, -0.15) is 12.6 Å². The summed E-state index contributed by atoms with van der Waals surface area (Å²) in [5.41, 5.74) is 16.2. The van der Waals surface area contributed by atoms with E-state index in [2.05, 4.69) is 28.6 Å². The van der Waals surface area contributed by atoms with Crippen LogP contribution in [-0.2, 0) is 28.8 Å². The molecule has 0 radical (unpaired) electrons. The van der Waals surface area contributed by atoms with Crippen LogP contribution in [0.15, 0.2) is 0 Å². The third kappa shape index (κ3) is 12.6. The van der Waals surface area contributed by atoms with Gasteiger partial charge in [-0.15, -0.1) is 0 Å². The van der Waals surface area contributed by atoms with E-state index in [0.717, 1.165) is 0 Å². The van der Waals surface area contributed by atoms with Gasteiger partial charge < -0.3 is 43.4 Å². The van der Waals surface area contributed by atoms with E-state index >= 15 is 0 Å². The lowest BCUT2D eigenvalue weighted by molar-refractivity contribution is -0.143. The molecule has 11 N–H and O–H groups in total. The molecule has 33 heavy (non-hydrogen) atoms. The molecule has 4 atom stereocenters. The first kappa shape index (κ1) is 30.1. The zero-order valence-electron chi connectivity index (χ0n) is 18.0. The molecule has 14 nitrogen and oxygen atoms in total. The molecule has 0 aliphatic rings. The van der Waals surface area contributed by atoms with Crippen molar-refractivity contribution in [3.05, 3.63) is 0 Å². The minimum absolute atomic E-state index is 0.0529. The summed E-state index contributed by atoms with van der Waals surface area (Å²) in [5.74, 6) is -6.40. The first-order valence-corrected chi connectivity index (χ1v) is 10.8. The molecule has 4 amide bonds. The number of nitrogens with one attached hydrogen (secondary N) is 3. The Hall–Kier alpha value is -2.91. The SMILES string of the molecule is NCCCCC(NC(=O)C(N)CCC(N)=O)C(=O)NC(CC(=O)O)C(=O)NC(CS)C(=O)O. The van der Waals surface area contributed by atoms with E-state index in [4.69, 9.17) is 27.4 Å². The van der Waals surface area contributed by atoms with Crippen LogP contribution in [0.5, 0.6) is 0 Å². The van der Waals surface area contributed by atoms with Crippen molar-refractivity contribution in [3.63, 3.8) is 0 Å². The number of carbonyl (C=O) groups excluding carboxylic acids is 4. The van der Waals surface area contributed by atoms with Crippen LogP contribution in [0.2, 0.25) is 0 Å². The number of primary amides is 1. The third-order valence-electron chi connectivity index (χ3n) is 4.43. The molecule has 0 spiro atoms. The summed E-state index contributed by atoms with van der Waals surface area (Å²) in [6.45, 7) is 0.324. The summed E-state index contributed by atoms with van der Waals surface area (Å²) < 4.78 is 0. The molecular formula is C18H32N6O8S. The summed E-state index contributed by atoms with van der Waals surface area (Å²) in [5, 5.41) is 24.9. The number of thiol groups is 1. The normalized spacial score (nSPS) is 14.3. The molecule has 0 bridgehead atoms. The Morgan fingerprint density at radius 1 is 0.818 bits per heavy atom. The van der Waals surface area contributed by atoms with Crippen molar-refractivity contribution in [3.8, 4) is 0 Å². The molecule has 15 heteroatoms. The van der Waals surface area contributed by atoms with Crippen LogP contribution in [0.3, 0.4) is 0 Å². The average Bonchev–Trinajstić information content (AvgIpc) is 2.73. The van der Waals surface area contributed by atoms with E-state index in [9.17, 15) is 28.8 Å². The molecule has 0 aliphatic heterocycles. The lowest BCUT2D eigenvalue weighted by Gasteiger charge is -2.24. The minimum Gasteiger partial charge on any atom is -0.481 e. The molecule has 0 heterocycles. The van der Waals surface area contributed by atoms with Crippen molar-refractivity contribution >= 4 is 48.2 Å². The van der Waals surface area contributed by atoms with Crippen molar-refractivity contribution in [1.82, 2.24) is 16.0 Å². The zero-order chi connectivity index (χ0) is 25.6. The maximum atomic E-state index is 12.8. The molecule has 188 valence electrons. The number of amides is 4. The second-order valence-corrected chi connectivity index (χ2v) is 7.56. The largest absolute Gasteiger partial charge is 0.481 e. The highest BCUT2D eigenvalue weighted by atomic mass is 32.1. The Labute approximate surface area is 195 Å². The fourth-order valence-corrected chi connectivity index (χ4v) is 2.83. The van der Waals surface area contributed by atoms with E-state index in [-0.39, 0.29) is 25.0 Å². The first-order chi connectivity index (χ1) is 15.4. The van der Waals surface area contributed by atoms with Crippen LogP contribution in [0.1, 0.15) is 38.5 Å². The highest BCUT2D eigenvalue weighted by molar-refractivity contribution is 7.80. The van der Waals surface area contributed by atoms with E-state index < -0.39 is 66.2 Å². The highest BCUT2D eigenvalue weighted by Crippen LogP contribution is 2.05. The number of carboxylic acids is 2. The van der Waals surface area contributed by atoms with Gasteiger partial charge in [-0.3, -0.25) is 24.0 Å². The van der Waals surface area contributed by atoms with Gasteiger partial charge in [-0.1, -0.05) is 0 Å². The van der Waals surface area contributed by atoms with E-state index in [1.54, 1.807) is 0 Å². The Balaban J connectivity index is 5.41. The summed E-state index contributed by atoms with van der Waals surface area (Å²) in [6, 6.07) is -5.34. The molecule has 0 saturated carbocycles. The number of unbranched alkanes of at least 4 members (excludes halogenated alkanes) is 1. The van der Waals surface area contributed by atoms with Gasteiger partial charge in [0.25, 0.3) is 0 Å². The molecule has 4 unspecified atom stereocenters. The minimum atomic E-state index is -1.62. The Bertz CT molecular complexity index is 722. The topological polar surface area (TPSA) is 257 Å². The van der Waals surface area contributed by atoms with Gasteiger partial charge >= 0.3 is 11.9 Å². The second kappa shape index (κ2) is 15.8. The van der Waals surface area contributed by atoms with Crippen molar-refractivity contribution in [2.24, 2.45) is 17.2 Å². The third-order valence-corrected chi connectivity index (χ3v) is 4.79. The fraction of sp³-hybridized carbons (Fsp3) is 0.667. The van der Waals surface area contributed by atoms with E-state index in [1.807, 2.05) is 0 Å². The van der Waals surface area contributed by atoms with Gasteiger partial charge in [0.1, 0.15) is 18.1 Å². The van der Waals surface area contributed by atoms with Crippen LogP contribution in [0.25, 0.3) is 0 Å². The number of rotatable bonds is 17. The molecule has 0 aromatic carbocycles. The van der Waals surface area contributed by atoms with Crippen LogP contribution < -0.4 is 33.2 Å². The van der Waals surface area contributed by atoms with Gasteiger partial charge in [0.2, 0.25) is 23.6 Å². The predicted molar refractivity (Wildman–Crippen MR) is 119 cm³/mol. The molecule has 0 aliphatic carbocycles. The monoisotopic (exact) mass is 492 g/mol. The van der Waals surface area contributed by atoms with Gasteiger partial charge in [0, 0.05) is 12.2 Å². The second-order valence-electron chi connectivity index (χ2n) is 7.20. The molecule has 0 aromatic heterocycles. The molecule has 0 aromatic rings. The van der Waals surface area contributed by atoms with E-state index in [1.165, 1.54) is 0 Å². The Kier molecular flexibility index (Phi) is 14.4. The summed E-state index contributed by atoms with van der Waals surface area (Å²) in [6.07, 6.45) is 0.0137. The number of hydrogen-bond donors (Lipinski definition) is 9. The number of hydrogen-bond acceptors (Lipinski definition) is 9. The summed E-state index contributed by atoms with van der Waals surface area (Å²) >= 11 is 3.81.